The molecule has 31 heavy (non-hydrogen) atoms. The predicted octanol–water partition coefficient (Wildman–Crippen LogP) is 3.62. The summed E-state index contributed by atoms with van der Waals surface area (Å²) in [5.74, 6) is -1.54. The Morgan fingerprint density at radius 1 is 1.23 bits per heavy atom. The fourth-order valence-electron chi connectivity index (χ4n) is 2.53. The first kappa shape index (κ1) is 26.6. The van der Waals surface area contributed by atoms with E-state index in [9.17, 15) is 23.9 Å². The number of carbonyl (C=O) groups excluding carboxylic acids is 3. The molecule has 0 aliphatic heterocycles. The zero-order chi connectivity index (χ0) is 23.8. The lowest BCUT2D eigenvalue weighted by Crippen LogP contribution is -2.46. The van der Waals surface area contributed by atoms with Gasteiger partial charge in [-0.2, -0.15) is 0 Å². The normalized spacial score (nSPS) is 13.0. The van der Waals surface area contributed by atoms with E-state index in [1.165, 1.54) is 32.1 Å². The highest BCUT2D eigenvalue weighted by atomic mass is 35.5. The van der Waals surface area contributed by atoms with Crippen LogP contribution in [0.4, 0.5) is 9.18 Å². The number of ketones is 1. The first-order valence-corrected chi connectivity index (χ1v) is 10.2. The summed E-state index contributed by atoms with van der Waals surface area (Å²) in [4.78, 5) is 36.6. The molecule has 2 amide bonds. The number of rotatable bonds is 9. The first-order valence-electron chi connectivity index (χ1n) is 9.82. The monoisotopic (exact) mass is 456 g/mol. The molecule has 0 saturated carbocycles. The maximum absolute atomic E-state index is 13.8. The van der Waals surface area contributed by atoms with Crippen molar-refractivity contribution in [2.24, 2.45) is 0 Å². The number of ether oxygens (including phenoxy) is 1. The van der Waals surface area contributed by atoms with Gasteiger partial charge in [0.05, 0.1) is 16.7 Å². The van der Waals surface area contributed by atoms with Crippen LogP contribution in [0.25, 0.3) is 6.08 Å². The molecule has 3 N–H and O–H groups in total. The van der Waals surface area contributed by atoms with E-state index in [0.29, 0.717) is 0 Å². The first-order chi connectivity index (χ1) is 14.2. The lowest BCUT2D eigenvalue weighted by atomic mass is 9.96. The van der Waals surface area contributed by atoms with Crippen LogP contribution >= 0.6 is 11.6 Å². The van der Waals surface area contributed by atoms with Gasteiger partial charge in [-0.15, -0.1) is 0 Å². The van der Waals surface area contributed by atoms with Crippen molar-refractivity contribution in [3.8, 4) is 0 Å². The molecule has 0 aliphatic carbocycles. The van der Waals surface area contributed by atoms with Crippen molar-refractivity contribution in [3.63, 3.8) is 0 Å². The summed E-state index contributed by atoms with van der Waals surface area (Å²) in [5.41, 5.74) is -1.84. The van der Waals surface area contributed by atoms with Crippen molar-refractivity contribution in [2.45, 2.75) is 64.7 Å². The van der Waals surface area contributed by atoms with Gasteiger partial charge in [0.15, 0.2) is 5.78 Å². The molecule has 0 heterocycles. The molecule has 172 valence electrons. The number of Topliss-reactive ketones (excluding diaryl/α,β-unsaturated/α-hetero) is 1. The lowest BCUT2D eigenvalue weighted by molar-refractivity contribution is -0.125. The highest BCUT2D eigenvalue weighted by Gasteiger charge is 2.28. The second-order valence-corrected chi connectivity index (χ2v) is 9.12. The number of hydrogen-bond donors (Lipinski definition) is 3. The average Bonchev–Trinajstić information content (AvgIpc) is 2.59. The number of halogens is 2. The topological polar surface area (TPSA) is 105 Å². The summed E-state index contributed by atoms with van der Waals surface area (Å²) in [6.07, 6.45) is 1.55. The second kappa shape index (κ2) is 11.2. The van der Waals surface area contributed by atoms with Gasteiger partial charge in [0.25, 0.3) is 0 Å². The predicted molar refractivity (Wildman–Crippen MR) is 117 cm³/mol. The lowest BCUT2D eigenvalue weighted by Gasteiger charge is -2.25. The standard InChI is InChI=1S/C22H30ClFN2O5/c1-21(2,3)31-20(29)26-16(17(27)13-22(4,5)30)11-12-25-18(28)10-9-14-7-6-8-15(23)19(14)24/h6-10,16,30H,11-13H2,1-5H3,(H,25,28)(H,26,29)/b10-9+/t16-/m0/s1. The van der Waals surface area contributed by atoms with E-state index in [1.54, 1.807) is 26.8 Å². The Labute approximate surface area is 187 Å². The Kier molecular flexibility index (Phi) is 9.65. The van der Waals surface area contributed by atoms with E-state index in [1.807, 2.05) is 0 Å². The number of carbonyl (C=O) groups is 3. The largest absolute Gasteiger partial charge is 0.444 e. The van der Waals surface area contributed by atoms with Gasteiger partial charge in [-0.3, -0.25) is 9.59 Å². The van der Waals surface area contributed by atoms with Crippen LogP contribution in [0.5, 0.6) is 0 Å². The van der Waals surface area contributed by atoms with E-state index < -0.39 is 40.8 Å². The zero-order valence-electron chi connectivity index (χ0n) is 18.4. The van der Waals surface area contributed by atoms with Crippen molar-refractivity contribution in [1.29, 1.82) is 0 Å². The van der Waals surface area contributed by atoms with E-state index >= 15 is 0 Å². The molecule has 0 unspecified atom stereocenters. The maximum atomic E-state index is 13.8. The summed E-state index contributed by atoms with van der Waals surface area (Å²) < 4.78 is 19.0. The molecule has 0 aliphatic rings. The van der Waals surface area contributed by atoms with Crippen LogP contribution in [-0.4, -0.2) is 46.7 Å². The van der Waals surface area contributed by atoms with Crippen molar-refractivity contribution >= 4 is 35.5 Å². The molecule has 7 nitrogen and oxygen atoms in total. The molecule has 1 aromatic carbocycles. The Morgan fingerprint density at radius 2 is 1.87 bits per heavy atom. The van der Waals surface area contributed by atoms with Crippen LogP contribution in [0.1, 0.15) is 53.0 Å². The van der Waals surface area contributed by atoms with Crippen molar-refractivity contribution < 1.29 is 28.6 Å². The molecule has 0 radical (unpaired) electrons. The fraction of sp³-hybridized carbons (Fsp3) is 0.500. The molecule has 0 fully saturated rings. The fourth-order valence-corrected chi connectivity index (χ4v) is 2.71. The van der Waals surface area contributed by atoms with Gasteiger partial charge in [-0.1, -0.05) is 23.7 Å². The number of alkyl carbamates (subject to hydrolysis) is 1. The van der Waals surface area contributed by atoms with Gasteiger partial charge in [0.1, 0.15) is 11.4 Å². The molecular formula is C22H30ClFN2O5. The molecule has 0 spiro atoms. The SMILES string of the molecule is CC(C)(O)CC(=O)[C@H](CCNC(=O)/C=C/c1cccc(Cl)c1F)NC(=O)OC(C)(C)C. The van der Waals surface area contributed by atoms with Gasteiger partial charge in [0, 0.05) is 24.6 Å². The van der Waals surface area contributed by atoms with Crippen molar-refractivity contribution in [3.05, 3.63) is 40.7 Å². The Hall–Kier alpha value is -2.45. The van der Waals surface area contributed by atoms with Gasteiger partial charge in [-0.05, 0) is 53.2 Å². The number of aliphatic hydroxyl groups is 1. The molecule has 1 rings (SSSR count). The van der Waals surface area contributed by atoms with E-state index in [0.717, 1.165) is 6.08 Å². The summed E-state index contributed by atoms with van der Waals surface area (Å²) in [6, 6.07) is 3.47. The number of benzene rings is 1. The molecule has 0 aromatic heterocycles. The Bertz CT molecular complexity index is 828. The van der Waals surface area contributed by atoms with Gasteiger partial charge < -0.3 is 20.5 Å². The molecule has 0 bridgehead atoms. The minimum Gasteiger partial charge on any atom is -0.444 e. The van der Waals surface area contributed by atoms with Crippen LogP contribution in [0.3, 0.4) is 0 Å². The number of hydrogen-bond acceptors (Lipinski definition) is 5. The summed E-state index contributed by atoms with van der Waals surface area (Å²) >= 11 is 5.70. The van der Waals surface area contributed by atoms with Crippen LogP contribution in [0.15, 0.2) is 24.3 Å². The van der Waals surface area contributed by atoms with E-state index in [2.05, 4.69) is 10.6 Å². The minimum atomic E-state index is -1.25. The third-order valence-electron chi connectivity index (χ3n) is 3.81. The second-order valence-electron chi connectivity index (χ2n) is 8.71. The van der Waals surface area contributed by atoms with Crippen LogP contribution in [0, 0.1) is 5.82 Å². The average molecular weight is 457 g/mol. The third kappa shape index (κ3) is 10.9. The highest BCUT2D eigenvalue weighted by molar-refractivity contribution is 6.30. The molecule has 1 atom stereocenters. The number of nitrogens with one attached hydrogen (secondary N) is 2. The minimum absolute atomic E-state index is 0.0519. The Balaban J connectivity index is 2.71. The van der Waals surface area contributed by atoms with E-state index in [4.69, 9.17) is 16.3 Å². The van der Waals surface area contributed by atoms with Gasteiger partial charge in [0.2, 0.25) is 5.91 Å². The van der Waals surface area contributed by atoms with Crippen molar-refractivity contribution in [1.82, 2.24) is 10.6 Å². The molecular weight excluding hydrogens is 427 g/mol. The Morgan fingerprint density at radius 3 is 2.45 bits per heavy atom. The smallest absolute Gasteiger partial charge is 0.408 e. The summed E-state index contributed by atoms with van der Waals surface area (Å²) in [5, 5.41) is 14.9. The third-order valence-corrected chi connectivity index (χ3v) is 4.11. The van der Waals surface area contributed by atoms with E-state index in [-0.39, 0.29) is 30.0 Å². The van der Waals surface area contributed by atoms with Crippen molar-refractivity contribution in [2.75, 3.05) is 6.54 Å². The number of amides is 2. The highest BCUT2D eigenvalue weighted by Crippen LogP contribution is 2.18. The van der Waals surface area contributed by atoms with Crippen LogP contribution < -0.4 is 10.6 Å². The summed E-state index contributed by atoms with van der Waals surface area (Å²) in [6.45, 7) is 8.09. The van der Waals surface area contributed by atoms with Crippen LogP contribution in [0.2, 0.25) is 5.02 Å². The van der Waals surface area contributed by atoms with Crippen LogP contribution in [-0.2, 0) is 14.3 Å². The molecule has 1 aromatic rings. The maximum Gasteiger partial charge on any atom is 0.408 e. The molecule has 9 heteroatoms. The van der Waals surface area contributed by atoms with Gasteiger partial charge in [-0.25, -0.2) is 9.18 Å². The summed E-state index contributed by atoms with van der Waals surface area (Å²) in [7, 11) is 0. The quantitative estimate of drug-likeness (QED) is 0.492. The van der Waals surface area contributed by atoms with Gasteiger partial charge >= 0.3 is 6.09 Å². The zero-order valence-corrected chi connectivity index (χ0v) is 19.2. The molecule has 0 saturated heterocycles.